The molecule has 0 radical (unpaired) electrons. The monoisotopic (exact) mass is 470 g/mol. The molecule has 1 aliphatic heterocycles. The van der Waals surface area contributed by atoms with Gasteiger partial charge in [0.05, 0.1) is 4.90 Å². The molecule has 0 saturated heterocycles. The summed E-state index contributed by atoms with van der Waals surface area (Å²) in [6.45, 7) is 2.07. The Hall–Kier alpha value is -3.07. The lowest BCUT2D eigenvalue weighted by Gasteiger charge is -2.29. The van der Waals surface area contributed by atoms with E-state index >= 15 is 0 Å². The Labute approximate surface area is 193 Å². The van der Waals surface area contributed by atoms with Crippen LogP contribution in [0, 0.1) is 6.92 Å². The van der Waals surface area contributed by atoms with Crippen molar-refractivity contribution in [2.24, 2.45) is 0 Å². The molecule has 4 rings (SSSR count). The molecule has 0 fully saturated rings. The molecule has 3 aromatic rings. The maximum absolute atomic E-state index is 12.5. The van der Waals surface area contributed by atoms with Gasteiger partial charge in [-0.3, -0.25) is 4.18 Å². The summed E-state index contributed by atoms with van der Waals surface area (Å²) in [6.07, 6.45) is -0.342. The van der Waals surface area contributed by atoms with E-state index in [0.29, 0.717) is 35.8 Å². The first-order chi connectivity index (χ1) is 16.0. The second-order valence-electron chi connectivity index (χ2n) is 7.72. The zero-order valence-electron chi connectivity index (χ0n) is 18.3. The van der Waals surface area contributed by atoms with Crippen LogP contribution in [0.2, 0.25) is 0 Å². The summed E-state index contributed by atoms with van der Waals surface area (Å²) >= 11 is 0. The third kappa shape index (κ3) is 5.65. The molecule has 0 aliphatic carbocycles. The molecule has 1 atom stereocenters. The summed E-state index contributed by atoms with van der Waals surface area (Å²) in [4.78, 5) is 0.0859. The number of aliphatic hydroxyl groups is 1. The molecule has 1 N–H and O–H groups in total. The molecule has 1 aliphatic rings. The quantitative estimate of drug-likeness (QED) is 0.477. The smallest absolute Gasteiger partial charge is 0.297 e. The number of aryl methyl sites for hydroxylation is 1. The Morgan fingerprint density at radius 3 is 2.52 bits per heavy atom. The Morgan fingerprint density at radius 2 is 1.79 bits per heavy atom. The first-order valence-electron chi connectivity index (χ1n) is 10.7. The van der Waals surface area contributed by atoms with Gasteiger partial charge in [-0.05, 0) is 36.8 Å². The lowest BCUT2D eigenvalue weighted by atomic mass is 10.1. The van der Waals surface area contributed by atoms with Crippen LogP contribution in [0.3, 0.4) is 0 Å². The molecule has 1 heterocycles. The van der Waals surface area contributed by atoms with Gasteiger partial charge in [0.15, 0.2) is 17.6 Å². The van der Waals surface area contributed by atoms with Crippen LogP contribution in [0.5, 0.6) is 17.2 Å². The normalized spacial score (nSPS) is 15.3. The SMILES string of the molecule is Cc1ccc(S(=O)(=O)OCC2COc3ccc(OCc4ccccc4)c(CCO)c3O2)cc1. The average Bonchev–Trinajstić information content (AvgIpc) is 2.83. The molecule has 0 saturated carbocycles. The lowest BCUT2D eigenvalue weighted by Crippen LogP contribution is -2.34. The molecular weight excluding hydrogens is 444 g/mol. The van der Waals surface area contributed by atoms with Crippen LogP contribution in [0.4, 0.5) is 0 Å². The van der Waals surface area contributed by atoms with E-state index in [-0.39, 0.29) is 24.7 Å². The summed E-state index contributed by atoms with van der Waals surface area (Å²) in [5.41, 5.74) is 2.63. The molecular formula is C25H26O7S. The van der Waals surface area contributed by atoms with Gasteiger partial charge in [0.25, 0.3) is 10.1 Å². The van der Waals surface area contributed by atoms with Crippen molar-refractivity contribution in [3.05, 3.63) is 83.4 Å². The van der Waals surface area contributed by atoms with Gasteiger partial charge in [-0.1, -0.05) is 48.0 Å². The highest BCUT2D eigenvalue weighted by Crippen LogP contribution is 2.41. The third-order valence-electron chi connectivity index (χ3n) is 5.21. The molecule has 0 spiro atoms. The van der Waals surface area contributed by atoms with Crippen LogP contribution < -0.4 is 14.2 Å². The fourth-order valence-electron chi connectivity index (χ4n) is 3.45. The predicted molar refractivity (Wildman–Crippen MR) is 122 cm³/mol. The van der Waals surface area contributed by atoms with E-state index in [1.165, 1.54) is 12.1 Å². The van der Waals surface area contributed by atoms with Crippen LogP contribution in [-0.4, -0.2) is 39.4 Å². The van der Waals surface area contributed by atoms with Crippen molar-refractivity contribution >= 4 is 10.1 Å². The fraction of sp³-hybridized carbons (Fsp3) is 0.280. The topological polar surface area (TPSA) is 91.3 Å². The third-order valence-corrected chi connectivity index (χ3v) is 6.50. The van der Waals surface area contributed by atoms with Gasteiger partial charge in [-0.25, -0.2) is 0 Å². The van der Waals surface area contributed by atoms with E-state index in [0.717, 1.165) is 11.1 Å². The molecule has 8 heteroatoms. The fourth-order valence-corrected chi connectivity index (χ4v) is 4.39. The number of rotatable bonds is 9. The van der Waals surface area contributed by atoms with Crippen LogP contribution in [0.15, 0.2) is 71.6 Å². The van der Waals surface area contributed by atoms with Crippen LogP contribution in [-0.2, 0) is 27.3 Å². The van der Waals surface area contributed by atoms with Gasteiger partial charge < -0.3 is 19.3 Å². The minimum absolute atomic E-state index is 0.0859. The maximum atomic E-state index is 12.5. The van der Waals surface area contributed by atoms with Gasteiger partial charge in [0, 0.05) is 18.6 Å². The number of ether oxygens (including phenoxy) is 3. The zero-order chi connectivity index (χ0) is 23.3. The number of hydrogen-bond donors (Lipinski definition) is 1. The molecule has 1 unspecified atom stereocenters. The number of benzene rings is 3. The highest BCUT2D eigenvalue weighted by molar-refractivity contribution is 7.86. The van der Waals surface area contributed by atoms with Crippen LogP contribution >= 0.6 is 0 Å². The van der Waals surface area contributed by atoms with Crippen molar-refractivity contribution in [2.75, 3.05) is 19.8 Å². The maximum Gasteiger partial charge on any atom is 0.297 e. The highest BCUT2D eigenvalue weighted by atomic mass is 32.2. The summed E-state index contributed by atoms with van der Waals surface area (Å²) in [5.74, 6) is 1.52. The van der Waals surface area contributed by atoms with Gasteiger partial charge in [-0.15, -0.1) is 0 Å². The lowest BCUT2D eigenvalue weighted by molar-refractivity contribution is 0.0537. The Bertz CT molecular complexity index is 1180. The van der Waals surface area contributed by atoms with Crippen molar-refractivity contribution < 1.29 is 31.9 Å². The molecule has 0 aromatic heterocycles. The summed E-state index contributed by atoms with van der Waals surface area (Å²) < 4.78 is 48.1. The van der Waals surface area contributed by atoms with E-state index in [1.807, 2.05) is 37.3 Å². The van der Waals surface area contributed by atoms with Gasteiger partial charge in [0.1, 0.15) is 25.6 Å². The second kappa shape index (κ2) is 10.2. The van der Waals surface area contributed by atoms with E-state index in [1.54, 1.807) is 24.3 Å². The first-order valence-corrected chi connectivity index (χ1v) is 12.1. The minimum Gasteiger partial charge on any atom is -0.488 e. The molecule has 174 valence electrons. The molecule has 7 nitrogen and oxygen atoms in total. The second-order valence-corrected chi connectivity index (χ2v) is 9.34. The summed E-state index contributed by atoms with van der Waals surface area (Å²) in [5, 5.41) is 9.60. The first kappa shape index (κ1) is 23.1. The van der Waals surface area contributed by atoms with Crippen molar-refractivity contribution in [1.82, 2.24) is 0 Å². The van der Waals surface area contributed by atoms with E-state index in [4.69, 9.17) is 18.4 Å². The standard InChI is InChI=1S/C25H26O7S/c1-18-7-9-21(10-8-18)33(27,28)31-17-20-16-30-24-12-11-23(22(13-14-26)25(24)32-20)29-15-19-5-3-2-4-6-19/h2-12,20,26H,13-17H2,1H3. The van der Waals surface area contributed by atoms with Crippen molar-refractivity contribution in [3.63, 3.8) is 0 Å². The van der Waals surface area contributed by atoms with Crippen LogP contribution in [0.25, 0.3) is 0 Å². The van der Waals surface area contributed by atoms with Gasteiger partial charge in [-0.2, -0.15) is 8.42 Å². The Balaban J connectivity index is 1.47. The van der Waals surface area contributed by atoms with Crippen molar-refractivity contribution in [2.45, 2.75) is 31.0 Å². The largest absolute Gasteiger partial charge is 0.488 e. The summed E-state index contributed by atoms with van der Waals surface area (Å²) in [7, 11) is -3.92. The van der Waals surface area contributed by atoms with E-state index in [9.17, 15) is 13.5 Å². The highest BCUT2D eigenvalue weighted by Gasteiger charge is 2.28. The molecule has 33 heavy (non-hydrogen) atoms. The Morgan fingerprint density at radius 1 is 1.03 bits per heavy atom. The molecule has 3 aromatic carbocycles. The average molecular weight is 471 g/mol. The summed E-state index contributed by atoms with van der Waals surface area (Å²) in [6, 6.07) is 19.7. The predicted octanol–water partition coefficient (Wildman–Crippen LogP) is 3.65. The Kier molecular flexibility index (Phi) is 7.17. The van der Waals surface area contributed by atoms with E-state index in [2.05, 4.69) is 0 Å². The van der Waals surface area contributed by atoms with E-state index < -0.39 is 16.2 Å². The molecule has 0 amide bonds. The van der Waals surface area contributed by atoms with Crippen molar-refractivity contribution in [3.8, 4) is 17.2 Å². The number of aliphatic hydroxyl groups excluding tert-OH is 1. The zero-order valence-corrected chi connectivity index (χ0v) is 19.1. The van der Waals surface area contributed by atoms with Gasteiger partial charge >= 0.3 is 0 Å². The molecule has 0 bridgehead atoms. The number of hydrogen-bond acceptors (Lipinski definition) is 7. The number of fused-ring (bicyclic) bond motifs is 1. The minimum atomic E-state index is -3.92. The van der Waals surface area contributed by atoms with Crippen molar-refractivity contribution in [1.29, 1.82) is 0 Å². The van der Waals surface area contributed by atoms with Gasteiger partial charge in [0.2, 0.25) is 0 Å². The van der Waals surface area contributed by atoms with Crippen LogP contribution in [0.1, 0.15) is 16.7 Å².